The first-order chi connectivity index (χ1) is 7.83. The molecule has 90 valence electrons. The van der Waals surface area contributed by atoms with Crippen molar-refractivity contribution in [1.82, 2.24) is 9.97 Å². The van der Waals surface area contributed by atoms with E-state index in [1.165, 1.54) is 6.33 Å². The van der Waals surface area contributed by atoms with Gasteiger partial charge in [0.1, 0.15) is 6.33 Å². The molecule has 6 nitrogen and oxygen atoms in total. The molecule has 0 saturated carbocycles. The quantitative estimate of drug-likeness (QED) is 0.594. The highest BCUT2D eigenvalue weighted by Crippen LogP contribution is 2.28. The molecule has 3 N–H and O–H groups in total. The van der Waals surface area contributed by atoms with Crippen LogP contribution in [0.25, 0.3) is 0 Å². The summed E-state index contributed by atoms with van der Waals surface area (Å²) in [5.74, 6) is 1.91. The highest BCUT2D eigenvalue weighted by atomic mass is 16.5. The number of ether oxygens (including phenoxy) is 1. The van der Waals surface area contributed by atoms with Gasteiger partial charge in [-0.05, 0) is 13.3 Å². The molecule has 0 aliphatic rings. The van der Waals surface area contributed by atoms with Crippen LogP contribution in [0, 0.1) is 0 Å². The van der Waals surface area contributed by atoms with Gasteiger partial charge < -0.3 is 20.5 Å². The normalized spacial score (nSPS) is 9.94. The maximum atomic E-state index is 8.69. The fourth-order valence-corrected chi connectivity index (χ4v) is 1.27. The van der Waals surface area contributed by atoms with Gasteiger partial charge in [0.15, 0.2) is 11.6 Å². The summed E-state index contributed by atoms with van der Waals surface area (Å²) in [6.45, 7) is 3.56. The number of hydrogen-bond donors (Lipinski definition) is 3. The predicted molar refractivity (Wildman–Crippen MR) is 62.9 cm³/mol. The molecule has 0 atom stereocenters. The van der Waals surface area contributed by atoms with Crippen LogP contribution in [0.3, 0.4) is 0 Å². The van der Waals surface area contributed by atoms with Crippen LogP contribution in [-0.4, -0.2) is 41.9 Å². The van der Waals surface area contributed by atoms with Crippen LogP contribution in [0.2, 0.25) is 0 Å². The van der Waals surface area contributed by atoms with Gasteiger partial charge in [-0.3, -0.25) is 0 Å². The molecule has 6 heteroatoms. The topological polar surface area (TPSA) is 79.3 Å². The molecule has 0 spiro atoms. The lowest BCUT2D eigenvalue weighted by Crippen LogP contribution is -2.09. The molecule has 0 amide bonds. The number of nitrogens with one attached hydrogen (secondary N) is 2. The van der Waals surface area contributed by atoms with Crippen molar-refractivity contribution in [3.05, 3.63) is 6.33 Å². The van der Waals surface area contributed by atoms with Crippen LogP contribution in [0.4, 0.5) is 11.6 Å². The third-order valence-electron chi connectivity index (χ3n) is 1.98. The molecular formula is C10H18N4O2. The number of methoxy groups -OCH3 is 1. The van der Waals surface area contributed by atoms with Crippen molar-refractivity contribution in [1.29, 1.82) is 0 Å². The first kappa shape index (κ1) is 12.5. The second-order valence-electron chi connectivity index (χ2n) is 3.14. The summed E-state index contributed by atoms with van der Waals surface area (Å²) >= 11 is 0. The molecule has 1 aromatic heterocycles. The fraction of sp³-hybridized carbons (Fsp3) is 0.600. The summed E-state index contributed by atoms with van der Waals surface area (Å²) in [4.78, 5) is 8.19. The fourth-order valence-electron chi connectivity index (χ4n) is 1.27. The Balaban J connectivity index is 2.77. The highest BCUT2D eigenvalue weighted by Gasteiger charge is 2.10. The maximum Gasteiger partial charge on any atom is 0.204 e. The van der Waals surface area contributed by atoms with E-state index in [4.69, 9.17) is 9.84 Å². The van der Waals surface area contributed by atoms with Crippen molar-refractivity contribution in [3.63, 3.8) is 0 Å². The number of aromatic nitrogens is 2. The molecule has 16 heavy (non-hydrogen) atoms. The summed E-state index contributed by atoms with van der Waals surface area (Å²) < 4.78 is 5.25. The first-order valence-corrected chi connectivity index (χ1v) is 5.31. The summed E-state index contributed by atoms with van der Waals surface area (Å²) in [7, 11) is 1.58. The van der Waals surface area contributed by atoms with Gasteiger partial charge in [0.2, 0.25) is 5.75 Å². The Morgan fingerprint density at radius 3 is 2.56 bits per heavy atom. The number of anilines is 2. The summed E-state index contributed by atoms with van der Waals surface area (Å²) in [5, 5.41) is 14.9. The Hall–Kier alpha value is -1.56. The SMILES string of the molecule is CCNc1ncnc(NCCCO)c1OC. The number of rotatable bonds is 7. The minimum atomic E-state index is 0.153. The van der Waals surface area contributed by atoms with Gasteiger partial charge in [0, 0.05) is 19.7 Å². The minimum Gasteiger partial charge on any atom is -0.490 e. The largest absolute Gasteiger partial charge is 0.490 e. The lowest BCUT2D eigenvalue weighted by atomic mass is 10.4. The van der Waals surface area contributed by atoms with Crippen molar-refractivity contribution in [2.75, 3.05) is 37.4 Å². The monoisotopic (exact) mass is 226 g/mol. The molecule has 0 unspecified atom stereocenters. The van der Waals surface area contributed by atoms with E-state index in [0.29, 0.717) is 30.4 Å². The standard InChI is InChI=1S/C10H18N4O2/c1-3-11-9-8(16-2)10(14-7-13-9)12-5-4-6-15/h7,15H,3-6H2,1-2H3,(H2,11,12,13,14). The molecule has 1 aromatic rings. The zero-order valence-corrected chi connectivity index (χ0v) is 9.66. The van der Waals surface area contributed by atoms with E-state index in [2.05, 4.69) is 20.6 Å². The second-order valence-corrected chi connectivity index (χ2v) is 3.14. The highest BCUT2D eigenvalue weighted by molar-refractivity contribution is 5.63. The molecule has 0 aliphatic heterocycles. The number of aliphatic hydroxyl groups excluding tert-OH is 1. The Morgan fingerprint density at radius 1 is 1.31 bits per heavy atom. The van der Waals surface area contributed by atoms with E-state index in [9.17, 15) is 0 Å². The van der Waals surface area contributed by atoms with Crippen molar-refractivity contribution < 1.29 is 9.84 Å². The van der Waals surface area contributed by atoms with Gasteiger partial charge >= 0.3 is 0 Å². The molecule has 0 fully saturated rings. The van der Waals surface area contributed by atoms with Crippen molar-refractivity contribution in [2.45, 2.75) is 13.3 Å². The minimum absolute atomic E-state index is 0.153. The molecule has 0 aliphatic carbocycles. The first-order valence-electron chi connectivity index (χ1n) is 5.31. The number of aliphatic hydroxyl groups is 1. The predicted octanol–water partition coefficient (Wildman–Crippen LogP) is 0.711. The molecular weight excluding hydrogens is 208 g/mol. The molecule has 0 aromatic carbocycles. The van der Waals surface area contributed by atoms with Gasteiger partial charge in [0.05, 0.1) is 7.11 Å². The van der Waals surface area contributed by atoms with Gasteiger partial charge in [-0.2, -0.15) is 0 Å². The van der Waals surface area contributed by atoms with Crippen LogP contribution < -0.4 is 15.4 Å². The lowest BCUT2D eigenvalue weighted by molar-refractivity contribution is 0.292. The lowest BCUT2D eigenvalue weighted by Gasteiger charge is -2.13. The Bertz CT molecular complexity index is 320. The molecule has 1 heterocycles. The maximum absolute atomic E-state index is 8.69. The van der Waals surface area contributed by atoms with Gasteiger partial charge in [-0.1, -0.05) is 0 Å². The van der Waals surface area contributed by atoms with E-state index in [1.807, 2.05) is 6.92 Å². The van der Waals surface area contributed by atoms with Crippen molar-refractivity contribution in [2.24, 2.45) is 0 Å². The molecule has 1 rings (SSSR count). The van der Waals surface area contributed by atoms with Gasteiger partial charge in [-0.15, -0.1) is 0 Å². The third kappa shape index (κ3) is 3.23. The molecule has 0 radical (unpaired) electrons. The van der Waals surface area contributed by atoms with E-state index >= 15 is 0 Å². The summed E-state index contributed by atoms with van der Waals surface area (Å²) in [6, 6.07) is 0. The Morgan fingerprint density at radius 2 is 2.00 bits per heavy atom. The van der Waals surface area contributed by atoms with E-state index in [1.54, 1.807) is 7.11 Å². The molecule has 0 saturated heterocycles. The zero-order valence-electron chi connectivity index (χ0n) is 9.66. The van der Waals surface area contributed by atoms with Crippen molar-refractivity contribution in [3.8, 4) is 5.75 Å². The van der Waals surface area contributed by atoms with E-state index in [-0.39, 0.29) is 6.61 Å². The van der Waals surface area contributed by atoms with E-state index in [0.717, 1.165) is 6.54 Å². The summed E-state index contributed by atoms with van der Waals surface area (Å²) in [5.41, 5.74) is 0. The Labute approximate surface area is 95.1 Å². The van der Waals surface area contributed by atoms with Crippen LogP contribution >= 0.6 is 0 Å². The zero-order chi connectivity index (χ0) is 11.8. The van der Waals surface area contributed by atoms with Gasteiger partial charge in [0.25, 0.3) is 0 Å². The summed E-state index contributed by atoms with van der Waals surface area (Å²) in [6.07, 6.45) is 2.14. The second kappa shape index (κ2) is 6.84. The van der Waals surface area contributed by atoms with Gasteiger partial charge in [-0.25, -0.2) is 9.97 Å². The molecule has 0 bridgehead atoms. The van der Waals surface area contributed by atoms with Crippen LogP contribution in [0.5, 0.6) is 5.75 Å². The smallest absolute Gasteiger partial charge is 0.204 e. The number of nitrogens with zero attached hydrogens (tertiary/aromatic N) is 2. The van der Waals surface area contributed by atoms with Crippen LogP contribution in [0.15, 0.2) is 6.33 Å². The van der Waals surface area contributed by atoms with Crippen molar-refractivity contribution >= 4 is 11.6 Å². The Kier molecular flexibility index (Phi) is 5.35. The average Bonchev–Trinajstić information content (AvgIpc) is 2.30. The van der Waals surface area contributed by atoms with Crippen LogP contribution in [0.1, 0.15) is 13.3 Å². The van der Waals surface area contributed by atoms with E-state index < -0.39 is 0 Å². The third-order valence-corrected chi connectivity index (χ3v) is 1.98. The average molecular weight is 226 g/mol. The number of hydrogen-bond acceptors (Lipinski definition) is 6. The van der Waals surface area contributed by atoms with Crippen LogP contribution in [-0.2, 0) is 0 Å².